The number of hydrogen-bond donors (Lipinski definition) is 0. The first-order chi connectivity index (χ1) is 13.7. The van der Waals surface area contributed by atoms with Crippen molar-refractivity contribution in [1.82, 2.24) is 9.88 Å². The SMILES string of the molecule is COc1ccc2c(c1)CC(C1CCOCC1)N(C(=O)c1ccnc(OC)c1)C2. The second-order valence-electron chi connectivity index (χ2n) is 7.38. The van der Waals surface area contributed by atoms with Gasteiger partial charge in [-0.15, -0.1) is 0 Å². The summed E-state index contributed by atoms with van der Waals surface area (Å²) >= 11 is 0. The van der Waals surface area contributed by atoms with Crippen molar-refractivity contribution in [2.75, 3.05) is 27.4 Å². The molecule has 3 heterocycles. The molecule has 2 aromatic rings. The summed E-state index contributed by atoms with van der Waals surface area (Å²) in [4.78, 5) is 19.6. The van der Waals surface area contributed by atoms with Crippen LogP contribution >= 0.6 is 0 Å². The fraction of sp³-hybridized carbons (Fsp3) is 0.455. The fourth-order valence-corrected chi connectivity index (χ4v) is 4.27. The molecule has 6 heteroatoms. The highest BCUT2D eigenvalue weighted by Gasteiger charge is 2.36. The second kappa shape index (κ2) is 8.19. The van der Waals surface area contributed by atoms with Crippen molar-refractivity contribution in [2.24, 2.45) is 5.92 Å². The van der Waals surface area contributed by atoms with Crippen LogP contribution in [0.5, 0.6) is 11.6 Å². The minimum absolute atomic E-state index is 0.0265. The summed E-state index contributed by atoms with van der Waals surface area (Å²) in [6, 6.07) is 9.77. The summed E-state index contributed by atoms with van der Waals surface area (Å²) in [5.41, 5.74) is 3.06. The number of benzene rings is 1. The van der Waals surface area contributed by atoms with Gasteiger partial charge in [0.25, 0.3) is 5.91 Å². The van der Waals surface area contributed by atoms with Crippen LogP contribution in [0.25, 0.3) is 0 Å². The number of ether oxygens (including phenoxy) is 3. The number of methoxy groups -OCH3 is 2. The molecule has 1 aromatic heterocycles. The molecular formula is C22H26N2O4. The van der Waals surface area contributed by atoms with Crippen molar-refractivity contribution in [3.63, 3.8) is 0 Å². The third-order valence-corrected chi connectivity index (χ3v) is 5.85. The largest absolute Gasteiger partial charge is 0.497 e. The molecular weight excluding hydrogens is 356 g/mol. The molecule has 0 spiro atoms. The van der Waals surface area contributed by atoms with Crippen molar-refractivity contribution in [1.29, 1.82) is 0 Å². The second-order valence-corrected chi connectivity index (χ2v) is 7.38. The third-order valence-electron chi connectivity index (χ3n) is 5.85. The van der Waals surface area contributed by atoms with Crippen LogP contribution in [0.3, 0.4) is 0 Å². The first kappa shape index (κ1) is 18.7. The predicted molar refractivity (Wildman–Crippen MR) is 105 cm³/mol. The van der Waals surface area contributed by atoms with Crippen molar-refractivity contribution in [3.8, 4) is 11.6 Å². The molecule has 1 unspecified atom stereocenters. The maximum atomic E-state index is 13.4. The number of carbonyl (C=O) groups excluding carboxylic acids is 1. The maximum absolute atomic E-state index is 13.4. The van der Waals surface area contributed by atoms with Gasteiger partial charge in [-0.05, 0) is 54.5 Å². The zero-order chi connectivity index (χ0) is 19.5. The van der Waals surface area contributed by atoms with Crippen LogP contribution in [0.1, 0.15) is 34.3 Å². The highest BCUT2D eigenvalue weighted by atomic mass is 16.5. The maximum Gasteiger partial charge on any atom is 0.254 e. The lowest BCUT2D eigenvalue weighted by atomic mass is 9.82. The summed E-state index contributed by atoms with van der Waals surface area (Å²) in [7, 11) is 3.25. The van der Waals surface area contributed by atoms with Gasteiger partial charge in [0.15, 0.2) is 0 Å². The van der Waals surface area contributed by atoms with Gasteiger partial charge in [0, 0.05) is 43.6 Å². The topological polar surface area (TPSA) is 60.9 Å². The van der Waals surface area contributed by atoms with E-state index in [1.54, 1.807) is 32.5 Å². The molecule has 4 rings (SSSR count). The minimum Gasteiger partial charge on any atom is -0.497 e. The number of carbonyl (C=O) groups is 1. The molecule has 1 amide bonds. The Bertz CT molecular complexity index is 848. The van der Waals surface area contributed by atoms with Crippen molar-refractivity contribution >= 4 is 5.91 Å². The Kier molecular flexibility index (Phi) is 5.48. The molecule has 148 valence electrons. The van der Waals surface area contributed by atoms with E-state index in [0.29, 0.717) is 23.9 Å². The van der Waals surface area contributed by atoms with E-state index in [2.05, 4.69) is 17.1 Å². The number of amides is 1. The smallest absolute Gasteiger partial charge is 0.254 e. The lowest BCUT2D eigenvalue weighted by Gasteiger charge is -2.42. The van der Waals surface area contributed by atoms with E-state index in [1.807, 2.05) is 11.0 Å². The van der Waals surface area contributed by atoms with Gasteiger partial charge in [-0.2, -0.15) is 0 Å². The quantitative estimate of drug-likeness (QED) is 0.813. The van der Waals surface area contributed by atoms with E-state index >= 15 is 0 Å². The Morgan fingerprint density at radius 1 is 1.11 bits per heavy atom. The standard InChI is InChI=1S/C22H26N2O4/c1-26-19-4-3-17-14-24(22(25)16-5-8-23-21(13-16)27-2)20(12-18(17)11-19)15-6-9-28-10-7-15/h3-5,8,11,13,15,20H,6-7,9-10,12,14H2,1-2H3. The summed E-state index contributed by atoms with van der Waals surface area (Å²) in [5.74, 6) is 1.78. The molecule has 28 heavy (non-hydrogen) atoms. The molecule has 0 saturated carbocycles. The number of hydrogen-bond acceptors (Lipinski definition) is 5. The molecule has 1 aromatic carbocycles. The highest BCUT2D eigenvalue weighted by Crippen LogP contribution is 2.34. The van der Waals surface area contributed by atoms with Gasteiger partial charge in [-0.25, -0.2) is 4.98 Å². The van der Waals surface area contributed by atoms with Crippen LogP contribution in [0.2, 0.25) is 0 Å². The monoisotopic (exact) mass is 382 g/mol. The predicted octanol–water partition coefficient (Wildman–Crippen LogP) is 3.09. The zero-order valence-corrected chi connectivity index (χ0v) is 16.4. The van der Waals surface area contributed by atoms with E-state index in [4.69, 9.17) is 14.2 Å². The van der Waals surface area contributed by atoms with Crippen molar-refractivity contribution in [3.05, 3.63) is 53.2 Å². The van der Waals surface area contributed by atoms with E-state index in [0.717, 1.165) is 38.2 Å². The van der Waals surface area contributed by atoms with Gasteiger partial charge >= 0.3 is 0 Å². The Balaban J connectivity index is 1.67. The molecule has 2 aliphatic heterocycles. The van der Waals surface area contributed by atoms with Crippen LogP contribution in [0.4, 0.5) is 0 Å². The number of aromatic nitrogens is 1. The first-order valence-corrected chi connectivity index (χ1v) is 9.74. The van der Waals surface area contributed by atoms with E-state index in [9.17, 15) is 4.79 Å². The van der Waals surface area contributed by atoms with Gasteiger partial charge in [-0.1, -0.05) is 6.07 Å². The van der Waals surface area contributed by atoms with Crippen LogP contribution in [-0.4, -0.2) is 49.3 Å². The summed E-state index contributed by atoms with van der Waals surface area (Å²) in [5, 5.41) is 0. The number of fused-ring (bicyclic) bond motifs is 1. The van der Waals surface area contributed by atoms with Crippen LogP contribution in [0, 0.1) is 5.92 Å². The van der Waals surface area contributed by atoms with Gasteiger partial charge in [0.1, 0.15) is 5.75 Å². The lowest BCUT2D eigenvalue weighted by molar-refractivity contribution is 0.0180. The van der Waals surface area contributed by atoms with E-state index < -0.39 is 0 Å². The molecule has 1 saturated heterocycles. The Morgan fingerprint density at radius 2 is 1.93 bits per heavy atom. The van der Waals surface area contributed by atoms with Gasteiger partial charge in [0.05, 0.1) is 14.2 Å². The lowest BCUT2D eigenvalue weighted by Crippen LogP contribution is -2.49. The molecule has 0 aliphatic carbocycles. The van der Waals surface area contributed by atoms with E-state index in [1.165, 1.54) is 11.1 Å². The molecule has 1 atom stereocenters. The zero-order valence-electron chi connectivity index (χ0n) is 16.4. The Labute approximate surface area is 165 Å². The molecule has 0 bridgehead atoms. The Morgan fingerprint density at radius 3 is 2.68 bits per heavy atom. The first-order valence-electron chi connectivity index (χ1n) is 9.74. The van der Waals surface area contributed by atoms with E-state index in [-0.39, 0.29) is 11.9 Å². The fourth-order valence-electron chi connectivity index (χ4n) is 4.27. The van der Waals surface area contributed by atoms with Crippen LogP contribution < -0.4 is 9.47 Å². The van der Waals surface area contributed by atoms with Crippen LogP contribution in [0.15, 0.2) is 36.5 Å². The molecule has 2 aliphatic rings. The number of rotatable bonds is 4. The van der Waals surface area contributed by atoms with Crippen molar-refractivity contribution < 1.29 is 19.0 Å². The summed E-state index contributed by atoms with van der Waals surface area (Å²) in [6.07, 6.45) is 4.42. The highest BCUT2D eigenvalue weighted by molar-refractivity contribution is 5.94. The summed E-state index contributed by atoms with van der Waals surface area (Å²) in [6.45, 7) is 2.12. The van der Waals surface area contributed by atoms with Crippen LogP contribution in [-0.2, 0) is 17.7 Å². The molecule has 0 radical (unpaired) electrons. The third kappa shape index (κ3) is 3.69. The number of pyridine rings is 1. The molecule has 6 nitrogen and oxygen atoms in total. The van der Waals surface area contributed by atoms with Gasteiger partial charge in [0.2, 0.25) is 5.88 Å². The van der Waals surface area contributed by atoms with Gasteiger partial charge in [-0.3, -0.25) is 4.79 Å². The summed E-state index contributed by atoms with van der Waals surface area (Å²) < 4.78 is 16.2. The molecule has 0 N–H and O–H groups in total. The van der Waals surface area contributed by atoms with Gasteiger partial charge < -0.3 is 19.1 Å². The normalized spacial score (nSPS) is 19.8. The van der Waals surface area contributed by atoms with Crippen molar-refractivity contribution in [2.45, 2.75) is 31.8 Å². The average Bonchev–Trinajstić information content (AvgIpc) is 2.77. The minimum atomic E-state index is 0.0265. The average molecular weight is 382 g/mol. The Hall–Kier alpha value is -2.60. The number of nitrogens with zero attached hydrogens (tertiary/aromatic N) is 2. The molecule has 1 fully saturated rings.